The van der Waals surface area contributed by atoms with Crippen LogP contribution in [0.25, 0.3) is 0 Å². The highest BCUT2D eigenvalue weighted by Gasteiger charge is 2.17. The highest BCUT2D eigenvalue weighted by Crippen LogP contribution is 2.22. The molecule has 0 spiro atoms. The Morgan fingerprint density at radius 2 is 1.44 bits per heavy atom. The lowest BCUT2D eigenvalue weighted by Gasteiger charge is -2.22. The van der Waals surface area contributed by atoms with E-state index in [4.69, 9.17) is 19.3 Å². The number of alkyl carbamates (subject to hydrolysis) is 1. The second-order valence-corrected chi connectivity index (χ2v) is 10.1. The zero-order valence-electron chi connectivity index (χ0n) is 23.2. The molecule has 0 aliphatic heterocycles. The molecule has 216 valence electrons. The van der Waals surface area contributed by atoms with E-state index < -0.39 is 12.1 Å². The minimum atomic E-state index is -0.885. The third-order valence-electron chi connectivity index (χ3n) is 7.05. The van der Waals surface area contributed by atoms with E-state index in [-0.39, 0.29) is 24.9 Å². The minimum absolute atomic E-state index is 0.0137. The molecule has 0 heterocycles. The fourth-order valence-electron chi connectivity index (χ4n) is 4.81. The van der Waals surface area contributed by atoms with E-state index in [9.17, 15) is 14.4 Å². The Kier molecular flexibility index (Phi) is 11.2. The Labute approximate surface area is 240 Å². The maximum absolute atomic E-state index is 12.5. The zero-order valence-corrected chi connectivity index (χ0v) is 23.2. The molecule has 0 atom stereocenters. The Bertz CT molecular complexity index is 1280. The molecule has 1 aliphatic rings. The molecule has 0 saturated heterocycles. The predicted octanol–water partition coefficient (Wildman–Crippen LogP) is 6.34. The number of amides is 1. The van der Waals surface area contributed by atoms with Gasteiger partial charge in [-0.1, -0.05) is 55.7 Å². The van der Waals surface area contributed by atoms with E-state index in [0.29, 0.717) is 48.7 Å². The number of aryl methyl sites for hydroxylation is 1. The van der Waals surface area contributed by atoms with Crippen LogP contribution in [0.4, 0.5) is 4.79 Å². The molecule has 8 heteroatoms. The fraction of sp³-hybridized carbons (Fsp3) is 0.364. The maximum Gasteiger partial charge on any atom is 0.407 e. The van der Waals surface area contributed by atoms with Gasteiger partial charge >= 0.3 is 12.1 Å². The van der Waals surface area contributed by atoms with Crippen LogP contribution in [0.5, 0.6) is 11.5 Å². The summed E-state index contributed by atoms with van der Waals surface area (Å²) in [7, 11) is 0. The SMILES string of the molecule is O=C(O)CCc1ccc(OCCCOc2ccc(C(=O)c3ccccc3)cc2)cc1COC(=O)NC1CCCCC1. The topological polar surface area (TPSA) is 111 Å². The number of carbonyl (C=O) groups is 3. The van der Waals surface area contributed by atoms with Crippen molar-refractivity contribution in [2.45, 2.75) is 64.0 Å². The average Bonchev–Trinajstić information content (AvgIpc) is 3.00. The smallest absolute Gasteiger partial charge is 0.407 e. The van der Waals surface area contributed by atoms with Crippen LogP contribution in [0.3, 0.4) is 0 Å². The molecule has 0 bridgehead atoms. The minimum Gasteiger partial charge on any atom is -0.493 e. The number of ketones is 1. The Balaban J connectivity index is 1.24. The molecule has 2 N–H and O–H groups in total. The molecule has 1 saturated carbocycles. The number of nitrogens with one attached hydrogen (secondary N) is 1. The number of carboxylic acid groups (broad SMARTS) is 1. The molecule has 41 heavy (non-hydrogen) atoms. The van der Waals surface area contributed by atoms with Crippen molar-refractivity contribution < 1.29 is 33.7 Å². The zero-order chi connectivity index (χ0) is 28.9. The summed E-state index contributed by atoms with van der Waals surface area (Å²) in [5.74, 6) is 0.362. The van der Waals surface area contributed by atoms with E-state index in [1.54, 1.807) is 48.5 Å². The van der Waals surface area contributed by atoms with Crippen molar-refractivity contribution in [3.63, 3.8) is 0 Å². The van der Waals surface area contributed by atoms with Crippen LogP contribution in [-0.2, 0) is 22.6 Å². The molecular formula is C33H37NO7. The van der Waals surface area contributed by atoms with Gasteiger partial charge in [-0.05, 0) is 66.8 Å². The van der Waals surface area contributed by atoms with Crippen LogP contribution in [-0.4, -0.2) is 42.2 Å². The maximum atomic E-state index is 12.5. The molecule has 1 amide bonds. The molecule has 4 rings (SSSR count). The van der Waals surface area contributed by atoms with Crippen molar-refractivity contribution in [2.24, 2.45) is 0 Å². The van der Waals surface area contributed by atoms with Gasteiger partial charge in [0, 0.05) is 30.0 Å². The van der Waals surface area contributed by atoms with Crippen molar-refractivity contribution in [1.29, 1.82) is 0 Å². The van der Waals surface area contributed by atoms with Gasteiger partial charge in [-0.15, -0.1) is 0 Å². The second kappa shape index (κ2) is 15.5. The quantitative estimate of drug-likeness (QED) is 0.175. The van der Waals surface area contributed by atoms with Crippen molar-refractivity contribution in [1.82, 2.24) is 5.32 Å². The fourth-order valence-corrected chi connectivity index (χ4v) is 4.81. The highest BCUT2D eigenvalue weighted by molar-refractivity contribution is 6.08. The van der Waals surface area contributed by atoms with Crippen LogP contribution >= 0.6 is 0 Å². The first-order valence-electron chi connectivity index (χ1n) is 14.2. The van der Waals surface area contributed by atoms with Gasteiger partial charge in [0.05, 0.1) is 13.2 Å². The number of carbonyl (C=O) groups excluding carboxylic acids is 2. The third kappa shape index (κ3) is 9.67. The average molecular weight is 560 g/mol. The highest BCUT2D eigenvalue weighted by atomic mass is 16.5. The molecule has 0 aromatic heterocycles. The molecule has 0 radical (unpaired) electrons. The van der Waals surface area contributed by atoms with Crippen LogP contribution in [0.1, 0.15) is 72.0 Å². The van der Waals surface area contributed by atoms with E-state index in [1.165, 1.54) is 6.42 Å². The molecule has 1 fully saturated rings. The molecule has 3 aromatic carbocycles. The van der Waals surface area contributed by atoms with Gasteiger partial charge in [-0.25, -0.2) is 4.79 Å². The normalized spacial score (nSPS) is 13.3. The molecule has 0 unspecified atom stereocenters. The summed E-state index contributed by atoms with van der Waals surface area (Å²) in [5.41, 5.74) is 2.78. The summed E-state index contributed by atoms with van der Waals surface area (Å²) >= 11 is 0. The van der Waals surface area contributed by atoms with Gasteiger partial charge in [-0.3, -0.25) is 9.59 Å². The summed E-state index contributed by atoms with van der Waals surface area (Å²) in [6.45, 7) is 0.873. The monoisotopic (exact) mass is 559 g/mol. The Morgan fingerprint density at radius 3 is 2.15 bits per heavy atom. The standard InChI is InChI=1S/C33H37NO7/c35-31(36)19-15-24-12-18-30(22-27(24)23-41-33(38)34-28-10-5-2-6-11-28)40-21-7-20-39-29-16-13-26(14-17-29)32(37)25-8-3-1-4-9-25/h1,3-4,8-9,12-14,16-18,22,28H,2,5-7,10-11,15,19-21,23H2,(H,34,38)(H,35,36). The van der Waals surface area contributed by atoms with Gasteiger partial charge < -0.3 is 24.6 Å². The molecule has 1 aliphatic carbocycles. The summed E-state index contributed by atoms with van der Waals surface area (Å²) in [6, 6.07) is 21.8. The predicted molar refractivity (Wildman–Crippen MR) is 155 cm³/mol. The lowest BCUT2D eigenvalue weighted by molar-refractivity contribution is -0.136. The van der Waals surface area contributed by atoms with E-state index in [2.05, 4.69) is 5.32 Å². The van der Waals surface area contributed by atoms with Crippen molar-refractivity contribution in [3.05, 3.63) is 95.1 Å². The lowest BCUT2D eigenvalue weighted by Crippen LogP contribution is -2.36. The number of aliphatic carboxylic acids is 1. The summed E-state index contributed by atoms with van der Waals surface area (Å²) in [4.78, 5) is 36.0. The van der Waals surface area contributed by atoms with E-state index in [0.717, 1.165) is 36.8 Å². The second-order valence-electron chi connectivity index (χ2n) is 10.1. The number of rotatable bonds is 14. The van der Waals surface area contributed by atoms with Gasteiger partial charge in [0.15, 0.2) is 5.78 Å². The van der Waals surface area contributed by atoms with Gasteiger partial charge in [0.25, 0.3) is 0 Å². The van der Waals surface area contributed by atoms with Crippen molar-refractivity contribution in [3.8, 4) is 11.5 Å². The van der Waals surface area contributed by atoms with E-state index >= 15 is 0 Å². The lowest BCUT2D eigenvalue weighted by atomic mass is 9.96. The van der Waals surface area contributed by atoms with Gasteiger partial charge in [0.2, 0.25) is 0 Å². The largest absolute Gasteiger partial charge is 0.493 e. The molecule has 3 aromatic rings. The Morgan fingerprint density at radius 1 is 0.780 bits per heavy atom. The van der Waals surface area contributed by atoms with Gasteiger partial charge in [0.1, 0.15) is 18.1 Å². The summed E-state index contributed by atoms with van der Waals surface area (Å²) in [5, 5.41) is 12.0. The van der Waals surface area contributed by atoms with Crippen molar-refractivity contribution >= 4 is 17.8 Å². The number of benzene rings is 3. The number of carboxylic acids is 1. The number of ether oxygens (including phenoxy) is 3. The van der Waals surface area contributed by atoms with Crippen LogP contribution in [0.15, 0.2) is 72.8 Å². The van der Waals surface area contributed by atoms with Crippen LogP contribution in [0.2, 0.25) is 0 Å². The first-order chi connectivity index (χ1) is 20.0. The summed E-state index contributed by atoms with van der Waals surface area (Å²) < 4.78 is 17.2. The van der Waals surface area contributed by atoms with Crippen LogP contribution in [0, 0.1) is 0 Å². The van der Waals surface area contributed by atoms with Crippen molar-refractivity contribution in [2.75, 3.05) is 13.2 Å². The first kappa shape index (κ1) is 29.6. The first-order valence-corrected chi connectivity index (χ1v) is 14.2. The van der Waals surface area contributed by atoms with Crippen LogP contribution < -0.4 is 14.8 Å². The molecular weight excluding hydrogens is 522 g/mol. The number of hydrogen-bond acceptors (Lipinski definition) is 6. The van der Waals surface area contributed by atoms with Gasteiger partial charge in [-0.2, -0.15) is 0 Å². The third-order valence-corrected chi connectivity index (χ3v) is 7.05. The number of hydrogen-bond donors (Lipinski definition) is 2. The summed E-state index contributed by atoms with van der Waals surface area (Å²) in [6.07, 6.45) is 5.83. The Hall–Kier alpha value is -4.33. The molecule has 8 nitrogen and oxygen atoms in total. The van der Waals surface area contributed by atoms with E-state index in [1.807, 2.05) is 24.3 Å².